The van der Waals surface area contributed by atoms with Crippen LogP contribution >= 0.6 is 23.4 Å². The summed E-state index contributed by atoms with van der Waals surface area (Å²) in [5, 5.41) is 4.93. The topological polar surface area (TPSA) is 21.3 Å². The van der Waals surface area contributed by atoms with Gasteiger partial charge in [-0.1, -0.05) is 11.6 Å². The first-order valence-corrected chi connectivity index (χ1v) is 7.48. The van der Waals surface area contributed by atoms with Crippen molar-refractivity contribution in [3.05, 3.63) is 29.3 Å². The number of hydrogen-bond donors (Lipinski definition) is 1. The standard InChI is InChI=1S/C13H18ClNOS/c14-11-3-5-12(6-4-11)16-8-9-17-13-2-1-7-15-10-13/h3-6,13,15H,1-2,7-10H2. The van der Waals surface area contributed by atoms with E-state index in [4.69, 9.17) is 16.3 Å². The zero-order valence-corrected chi connectivity index (χ0v) is 11.4. The number of thioether (sulfide) groups is 1. The van der Waals surface area contributed by atoms with Gasteiger partial charge in [0.25, 0.3) is 0 Å². The summed E-state index contributed by atoms with van der Waals surface area (Å²) >= 11 is 7.81. The first kappa shape index (κ1) is 13.1. The molecule has 1 saturated heterocycles. The molecular weight excluding hydrogens is 254 g/mol. The van der Waals surface area contributed by atoms with Gasteiger partial charge in [-0.2, -0.15) is 11.8 Å². The first-order chi connectivity index (χ1) is 8.34. The molecule has 0 amide bonds. The number of halogens is 1. The van der Waals surface area contributed by atoms with Crippen LogP contribution in [0.4, 0.5) is 0 Å². The molecule has 0 radical (unpaired) electrons. The Kier molecular flexibility index (Phi) is 5.49. The van der Waals surface area contributed by atoms with Gasteiger partial charge in [0.1, 0.15) is 5.75 Å². The lowest BCUT2D eigenvalue weighted by atomic mass is 10.2. The predicted octanol–water partition coefficient (Wildman–Crippen LogP) is 3.20. The maximum absolute atomic E-state index is 5.81. The van der Waals surface area contributed by atoms with Crippen LogP contribution in [0.25, 0.3) is 0 Å². The van der Waals surface area contributed by atoms with Crippen molar-refractivity contribution in [2.45, 2.75) is 18.1 Å². The second-order valence-corrected chi connectivity index (χ2v) is 5.99. The Morgan fingerprint density at radius 1 is 1.35 bits per heavy atom. The van der Waals surface area contributed by atoms with E-state index in [1.54, 1.807) is 0 Å². The van der Waals surface area contributed by atoms with E-state index in [2.05, 4.69) is 5.32 Å². The van der Waals surface area contributed by atoms with Crippen molar-refractivity contribution in [3.8, 4) is 5.75 Å². The molecule has 0 spiro atoms. The Hall–Kier alpha value is -0.380. The Balaban J connectivity index is 1.60. The second-order valence-electron chi connectivity index (χ2n) is 4.14. The Labute approximate surface area is 112 Å². The highest BCUT2D eigenvalue weighted by Crippen LogP contribution is 2.19. The van der Waals surface area contributed by atoms with Crippen LogP contribution in [0.5, 0.6) is 5.75 Å². The molecule has 2 rings (SSSR count). The molecule has 1 atom stereocenters. The molecule has 0 aliphatic carbocycles. The Bertz CT molecular complexity index is 325. The van der Waals surface area contributed by atoms with Gasteiger partial charge >= 0.3 is 0 Å². The quantitative estimate of drug-likeness (QED) is 0.831. The summed E-state index contributed by atoms with van der Waals surface area (Å²) in [7, 11) is 0. The molecule has 1 aromatic rings. The van der Waals surface area contributed by atoms with Gasteiger partial charge < -0.3 is 10.1 Å². The number of ether oxygens (including phenoxy) is 1. The van der Waals surface area contributed by atoms with Crippen molar-refractivity contribution in [3.63, 3.8) is 0 Å². The second kappa shape index (κ2) is 7.14. The lowest BCUT2D eigenvalue weighted by Crippen LogP contribution is -2.32. The third kappa shape index (κ3) is 4.78. The van der Waals surface area contributed by atoms with Gasteiger partial charge in [0, 0.05) is 22.6 Å². The minimum atomic E-state index is 0.750. The molecule has 1 aliphatic heterocycles. The SMILES string of the molecule is Clc1ccc(OCCSC2CCCNC2)cc1. The van der Waals surface area contributed by atoms with Crippen LogP contribution < -0.4 is 10.1 Å². The van der Waals surface area contributed by atoms with E-state index in [9.17, 15) is 0 Å². The summed E-state index contributed by atoms with van der Waals surface area (Å²) < 4.78 is 5.65. The summed E-state index contributed by atoms with van der Waals surface area (Å²) in [5.74, 6) is 1.95. The summed E-state index contributed by atoms with van der Waals surface area (Å²) in [6, 6.07) is 7.54. The average molecular weight is 272 g/mol. The summed E-state index contributed by atoms with van der Waals surface area (Å²) in [4.78, 5) is 0. The number of benzene rings is 1. The van der Waals surface area contributed by atoms with Crippen molar-refractivity contribution >= 4 is 23.4 Å². The molecule has 2 nitrogen and oxygen atoms in total. The third-order valence-corrected chi connectivity index (χ3v) is 4.30. The minimum Gasteiger partial charge on any atom is -0.493 e. The zero-order chi connectivity index (χ0) is 11.9. The third-order valence-electron chi connectivity index (χ3n) is 2.77. The maximum Gasteiger partial charge on any atom is 0.119 e. The molecule has 1 aromatic carbocycles. The van der Waals surface area contributed by atoms with E-state index in [0.717, 1.165) is 34.9 Å². The largest absolute Gasteiger partial charge is 0.493 e. The molecule has 0 aromatic heterocycles. The highest BCUT2D eigenvalue weighted by Gasteiger charge is 2.12. The van der Waals surface area contributed by atoms with Gasteiger partial charge in [-0.15, -0.1) is 0 Å². The molecular formula is C13H18ClNOS. The maximum atomic E-state index is 5.81. The molecule has 1 fully saturated rings. The van der Waals surface area contributed by atoms with Crippen molar-refractivity contribution in [2.75, 3.05) is 25.4 Å². The molecule has 1 N–H and O–H groups in total. The summed E-state index contributed by atoms with van der Waals surface area (Å²) in [6.07, 6.45) is 2.63. The lowest BCUT2D eigenvalue weighted by Gasteiger charge is -2.22. The van der Waals surface area contributed by atoms with Crippen LogP contribution in [-0.4, -0.2) is 30.7 Å². The fourth-order valence-corrected chi connectivity index (χ4v) is 3.08. The summed E-state index contributed by atoms with van der Waals surface area (Å²) in [5.41, 5.74) is 0. The average Bonchev–Trinajstić information content (AvgIpc) is 2.38. The van der Waals surface area contributed by atoms with Crippen molar-refractivity contribution in [1.82, 2.24) is 5.32 Å². The number of piperidine rings is 1. The van der Waals surface area contributed by atoms with Gasteiger partial charge in [-0.05, 0) is 43.7 Å². The molecule has 0 saturated carbocycles. The fourth-order valence-electron chi connectivity index (χ4n) is 1.87. The molecule has 1 unspecified atom stereocenters. The smallest absolute Gasteiger partial charge is 0.119 e. The van der Waals surface area contributed by atoms with E-state index in [1.165, 1.54) is 19.4 Å². The van der Waals surface area contributed by atoms with E-state index in [-0.39, 0.29) is 0 Å². The van der Waals surface area contributed by atoms with E-state index in [0.29, 0.717) is 0 Å². The highest BCUT2D eigenvalue weighted by molar-refractivity contribution is 7.99. The Morgan fingerprint density at radius 2 is 2.18 bits per heavy atom. The van der Waals surface area contributed by atoms with Crippen LogP contribution in [0.3, 0.4) is 0 Å². The number of rotatable bonds is 5. The molecule has 4 heteroatoms. The van der Waals surface area contributed by atoms with Gasteiger partial charge in [-0.3, -0.25) is 0 Å². The first-order valence-electron chi connectivity index (χ1n) is 6.05. The van der Waals surface area contributed by atoms with Crippen molar-refractivity contribution in [1.29, 1.82) is 0 Å². The van der Waals surface area contributed by atoms with Gasteiger partial charge in [0.2, 0.25) is 0 Å². The van der Waals surface area contributed by atoms with Crippen LogP contribution in [0.15, 0.2) is 24.3 Å². The zero-order valence-electron chi connectivity index (χ0n) is 9.82. The summed E-state index contributed by atoms with van der Waals surface area (Å²) in [6.45, 7) is 3.09. The fraction of sp³-hybridized carbons (Fsp3) is 0.538. The van der Waals surface area contributed by atoms with Crippen LogP contribution in [0.1, 0.15) is 12.8 Å². The molecule has 0 bridgehead atoms. The predicted molar refractivity (Wildman–Crippen MR) is 75.3 cm³/mol. The van der Waals surface area contributed by atoms with Gasteiger partial charge in [-0.25, -0.2) is 0 Å². The highest BCUT2D eigenvalue weighted by atomic mass is 35.5. The van der Waals surface area contributed by atoms with Crippen LogP contribution in [0, 0.1) is 0 Å². The molecule has 1 heterocycles. The monoisotopic (exact) mass is 271 g/mol. The van der Waals surface area contributed by atoms with E-state index < -0.39 is 0 Å². The minimum absolute atomic E-state index is 0.750. The number of hydrogen-bond acceptors (Lipinski definition) is 3. The van der Waals surface area contributed by atoms with Crippen LogP contribution in [-0.2, 0) is 0 Å². The van der Waals surface area contributed by atoms with Gasteiger partial charge in [0.15, 0.2) is 0 Å². The Morgan fingerprint density at radius 3 is 2.88 bits per heavy atom. The normalized spacial score (nSPS) is 20.2. The van der Waals surface area contributed by atoms with Crippen molar-refractivity contribution in [2.24, 2.45) is 0 Å². The molecule has 1 aliphatic rings. The van der Waals surface area contributed by atoms with Crippen LogP contribution in [0.2, 0.25) is 5.02 Å². The molecule has 17 heavy (non-hydrogen) atoms. The van der Waals surface area contributed by atoms with E-state index >= 15 is 0 Å². The van der Waals surface area contributed by atoms with Crippen molar-refractivity contribution < 1.29 is 4.74 Å². The van der Waals surface area contributed by atoms with E-state index in [1.807, 2.05) is 36.0 Å². The number of nitrogens with one attached hydrogen (secondary N) is 1. The molecule has 94 valence electrons. The van der Waals surface area contributed by atoms with Gasteiger partial charge in [0.05, 0.1) is 6.61 Å². The lowest BCUT2D eigenvalue weighted by molar-refractivity contribution is 0.343.